The number of esters is 3. The summed E-state index contributed by atoms with van der Waals surface area (Å²) in [5, 5.41) is 0. The van der Waals surface area contributed by atoms with E-state index in [1.165, 1.54) is 0 Å². The van der Waals surface area contributed by atoms with Crippen LogP contribution in [0.25, 0.3) is 0 Å². The first-order chi connectivity index (χ1) is 11.3. The van der Waals surface area contributed by atoms with E-state index in [9.17, 15) is 14.4 Å². The molecular weight excluding hydrogens is 312 g/mol. The number of allylic oxidation sites excluding steroid dienone is 1. The zero-order valence-corrected chi connectivity index (χ0v) is 14.8. The fraction of sp³-hybridized carbons (Fsp3) is 0.722. The topological polar surface area (TPSA) is 78.9 Å². The number of hydrogen-bond donors (Lipinski definition) is 0. The van der Waals surface area contributed by atoms with E-state index < -0.39 is 23.3 Å². The van der Waals surface area contributed by atoms with Gasteiger partial charge in [0, 0.05) is 11.8 Å². The monoisotopic (exact) mass is 338 g/mol. The Bertz CT molecular complexity index is 534. The number of carbonyl (C=O) groups is 3. The predicted octanol–water partition coefficient (Wildman–Crippen LogP) is 2.12. The van der Waals surface area contributed by atoms with Crippen LogP contribution >= 0.6 is 0 Å². The Morgan fingerprint density at radius 2 is 1.83 bits per heavy atom. The molecular formula is C18H26O6. The van der Waals surface area contributed by atoms with E-state index in [2.05, 4.69) is 6.58 Å². The van der Waals surface area contributed by atoms with Gasteiger partial charge in [0.25, 0.3) is 0 Å². The van der Waals surface area contributed by atoms with Gasteiger partial charge in [-0.15, -0.1) is 0 Å². The first-order valence-electron chi connectivity index (χ1n) is 8.47. The lowest BCUT2D eigenvalue weighted by Gasteiger charge is -2.35. The van der Waals surface area contributed by atoms with Crippen LogP contribution < -0.4 is 0 Å². The summed E-state index contributed by atoms with van der Waals surface area (Å²) < 4.78 is 15.4. The highest BCUT2D eigenvalue weighted by Crippen LogP contribution is 2.58. The molecule has 1 saturated carbocycles. The van der Waals surface area contributed by atoms with Gasteiger partial charge in [0.1, 0.15) is 0 Å². The van der Waals surface area contributed by atoms with E-state index in [0.717, 1.165) is 0 Å². The first-order valence-corrected chi connectivity index (χ1v) is 8.47. The molecule has 1 aliphatic carbocycles. The Kier molecular flexibility index (Phi) is 5.35. The fourth-order valence-electron chi connectivity index (χ4n) is 3.67. The molecule has 1 heterocycles. The van der Waals surface area contributed by atoms with Crippen LogP contribution in [0.5, 0.6) is 0 Å². The van der Waals surface area contributed by atoms with E-state index in [1.807, 2.05) is 0 Å². The molecule has 6 nitrogen and oxygen atoms in total. The number of hydrogen-bond acceptors (Lipinski definition) is 6. The minimum absolute atomic E-state index is 0.0538. The second-order valence-electron chi connectivity index (χ2n) is 6.67. The highest BCUT2D eigenvalue weighted by Gasteiger charge is 2.66. The van der Waals surface area contributed by atoms with Crippen LogP contribution in [-0.2, 0) is 28.6 Å². The van der Waals surface area contributed by atoms with Crippen LogP contribution in [0, 0.1) is 29.1 Å². The quantitative estimate of drug-likeness (QED) is 0.292. The van der Waals surface area contributed by atoms with Gasteiger partial charge in [-0.25, -0.2) is 0 Å². The molecule has 24 heavy (non-hydrogen) atoms. The molecule has 0 aromatic carbocycles. The van der Waals surface area contributed by atoms with Crippen molar-refractivity contribution in [1.29, 1.82) is 0 Å². The summed E-state index contributed by atoms with van der Waals surface area (Å²) in [6, 6.07) is 0. The average molecular weight is 338 g/mol. The molecule has 2 rings (SSSR count). The summed E-state index contributed by atoms with van der Waals surface area (Å²) in [6.45, 7) is 11.6. The van der Waals surface area contributed by atoms with Crippen LogP contribution in [0.2, 0.25) is 0 Å². The molecule has 0 spiro atoms. The van der Waals surface area contributed by atoms with E-state index in [0.29, 0.717) is 12.2 Å². The second-order valence-corrected chi connectivity index (χ2v) is 6.67. The number of cyclic esters (lactones) is 1. The van der Waals surface area contributed by atoms with Crippen molar-refractivity contribution in [3.8, 4) is 0 Å². The van der Waals surface area contributed by atoms with Crippen LogP contribution in [0.15, 0.2) is 12.2 Å². The Hall–Kier alpha value is -1.85. The first kappa shape index (κ1) is 18.5. The summed E-state index contributed by atoms with van der Waals surface area (Å²) in [7, 11) is 0. The number of fused-ring (bicyclic) bond motifs is 1. The van der Waals surface area contributed by atoms with Crippen LogP contribution in [0.1, 0.15) is 34.1 Å². The maximum Gasteiger partial charge on any atom is 0.324 e. The SMILES string of the molecule is C=C(C)C(C)C(CC1C2COC(=O)C21)(C(=O)OCC)C(=O)OCC. The molecule has 4 unspecified atom stereocenters. The molecule has 6 heteroatoms. The van der Waals surface area contributed by atoms with Crippen molar-refractivity contribution >= 4 is 17.9 Å². The summed E-state index contributed by atoms with van der Waals surface area (Å²) in [6.07, 6.45) is 0.225. The van der Waals surface area contributed by atoms with Gasteiger partial charge in [-0.3, -0.25) is 14.4 Å². The Morgan fingerprint density at radius 3 is 2.21 bits per heavy atom. The minimum Gasteiger partial charge on any atom is -0.465 e. The van der Waals surface area contributed by atoms with Crippen LogP contribution in [0.4, 0.5) is 0 Å². The lowest BCUT2D eigenvalue weighted by atomic mass is 9.69. The molecule has 2 aliphatic rings. The molecule has 2 fully saturated rings. The van der Waals surface area contributed by atoms with Gasteiger partial charge in [-0.05, 0) is 33.1 Å². The van der Waals surface area contributed by atoms with Crippen molar-refractivity contribution in [2.45, 2.75) is 34.1 Å². The van der Waals surface area contributed by atoms with Gasteiger partial charge >= 0.3 is 17.9 Å². The summed E-state index contributed by atoms with van der Waals surface area (Å²) in [5.74, 6) is -2.08. The van der Waals surface area contributed by atoms with Crippen molar-refractivity contribution in [2.24, 2.45) is 29.1 Å². The normalized spacial score (nSPS) is 26.2. The largest absolute Gasteiger partial charge is 0.465 e. The van der Waals surface area contributed by atoms with Crippen LogP contribution in [-0.4, -0.2) is 37.7 Å². The Balaban J connectivity index is 2.36. The smallest absolute Gasteiger partial charge is 0.324 e. The summed E-state index contributed by atoms with van der Waals surface area (Å²) in [4.78, 5) is 37.4. The molecule has 0 aromatic rings. The summed E-state index contributed by atoms with van der Waals surface area (Å²) in [5.41, 5.74) is -0.767. The van der Waals surface area contributed by atoms with Gasteiger partial charge in [0.05, 0.1) is 25.7 Å². The van der Waals surface area contributed by atoms with Gasteiger partial charge in [-0.1, -0.05) is 19.1 Å². The van der Waals surface area contributed by atoms with E-state index in [1.54, 1.807) is 27.7 Å². The zero-order chi connectivity index (χ0) is 18.1. The van der Waals surface area contributed by atoms with Gasteiger partial charge in [0.2, 0.25) is 0 Å². The third kappa shape index (κ3) is 2.94. The molecule has 1 saturated heterocycles. The third-order valence-corrected chi connectivity index (χ3v) is 5.34. The molecule has 134 valence electrons. The minimum atomic E-state index is -1.47. The van der Waals surface area contributed by atoms with Gasteiger partial charge in [0.15, 0.2) is 5.41 Å². The third-order valence-electron chi connectivity index (χ3n) is 5.34. The fourth-order valence-corrected chi connectivity index (χ4v) is 3.67. The zero-order valence-electron chi connectivity index (χ0n) is 14.8. The average Bonchev–Trinajstić information content (AvgIpc) is 3.08. The van der Waals surface area contributed by atoms with Crippen molar-refractivity contribution in [1.82, 2.24) is 0 Å². The molecule has 4 atom stereocenters. The predicted molar refractivity (Wildman–Crippen MR) is 85.7 cm³/mol. The summed E-state index contributed by atoms with van der Waals surface area (Å²) >= 11 is 0. The number of rotatable bonds is 8. The maximum atomic E-state index is 12.8. The molecule has 0 bridgehead atoms. The maximum absolute atomic E-state index is 12.8. The standard InChI is InChI=1S/C18H26O6/c1-6-22-16(20)18(11(5)10(3)4,17(21)23-7-2)8-12-13-9-24-15(19)14(12)13/h11-14H,3,6-9H2,1-2,4-5H3. The highest BCUT2D eigenvalue weighted by molar-refractivity contribution is 6.01. The van der Waals surface area contributed by atoms with E-state index >= 15 is 0 Å². The van der Waals surface area contributed by atoms with Crippen molar-refractivity contribution in [2.75, 3.05) is 19.8 Å². The lowest BCUT2D eigenvalue weighted by Crippen LogP contribution is -2.48. The van der Waals surface area contributed by atoms with E-state index in [-0.39, 0.29) is 43.4 Å². The molecule has 1 aliphatic heterocycles. The van der Waals surface area contributed by atoms with E-state index in [4.69, 9.17) is 14.2 Å². The Labute approximate surface area is 142 Å². The molecule has 0 radical (unpaired) electrons. The Morgan fingerprint density at radius 1 is 1.29 bits per heavy atom. The van der Waals surface area contributed by atoms with Crippen LogP contribution in [0.3, 0.4) is 0 Å². The highest BCUT2D eigenvalue weighted by atomic mass is 16.6. The molecule has 0 amide bonds. The van der Waals surface area contributed by atoms with Crippen molar-refractivity contribution in [3.05, 3.63) is 12.2 Å². The molecule has 0 aromatic heterocycles. The van der Waals surface area contributed by atoms with Crippen molar-refractivity contribution in [3.63, 3.8) is 0 Å². The van der Waals surface area contributed by atoms with Gasteiger partial charge in [-0.2, -0.15) is 0 Å². The van der Waals surface area contributed by atoms with Crippen molar-refractivity contribution < 1.29 is 28.6 Å². The second kappa shape index (κ2) is 6.95. The molecule has 0 N–H and O–H groups in total. The number of ether oxygens (including phenoxy) is 3. The lowest BCUT2D eigenvalue weighted by molar-refractivity contribution is -0.177. The number of carbonyl (C=O) groups excluding carboxylic acids is 3. The van der Waals surface area contributed by atoms with Gasteiger partial charge < -0.3 is 14.2 Å².